The Bertz CT molecular complexity index is 369. The lowest BCUT2D eigenvalue weighted by atomic mass is 9.78. The van der Waals surface area contributed by atoms with Crippen molar-refractivity contribution in [2.24, 2.45) is 5.41 Å². The van der Waals surface area contributed by atoms with Crippen LogP contribution in [0.2, 0.25) is 0 Å². The van der Waals surface area contributed by atoms with Gasteiger partial charge in [0.15, 0.2) is 0 Å². The fourth-order valence-corrected chi connectivity index (χ4v) is 3.13. The first kappa shape index (κ1) is 13.6. The predicted molar refractivity (Wildman–Crippen MR) is 73.8 cm³/mol. The number of esters is 1. The minimum absolute atomic E-state index is 0.0197. The Morgan fingerprint density at radius 3 is 3.11 bits per heavy atom. The van der Waals surface area contributed by atoms with E-state index in [-0.39, 0.29) is 11.4 Å². The second kappa shape index (κ2) is 6.34. The summed E-state index contributed by atoms with van der Waals surface area (Å²) in [5.74, 6) is -0.0197. The molecule has 0 aliphatic carbocycles. The standard InChI is InChI=1S/C14H21NO2S/c1-2-14(7-4-8-15-11-14)13(16)17-9-6-12-5-3-10-18-12/h3,5,10,15H,2,4,6-9,11H2,1H3. The number of thiophene rings is 1. The number of carbonyl (C=O) groups is 1. The van der Waals surface area contributed by atoms with Crippen molar-refractivity contribution in [3.63, 3.8) is 0 Å². The summed E-state index contributed by atoms with van der Waals surface area (Å²) in [6.07, 6.45) is 3.71. The Labute approximate surface area is 113 Å². The molecule has 0 aromatic carbocycles. The van der Waals surface area contributed by atoms with Crippen LogP contribution in [0.5, 0.6) is 0 Å². The van der Waals surface area contributed by atoms with Crippen LogP contribution in [0.15, 0.2) is 17.5 Å². The molecule has 18 heavy (non-hydrogen) atoms. The molecule has 0 radical (unpaired) electrons. The highest BCUT2D eigenvalue weighted by Gasteiger charge is 2.39. The van der Waals surface area contributed by atoms with Gasteiger partial charge in [-0.15, -0.1) is 11.3 Å². The molecule has 1 atom stereocenters. The van der Waals surface area contributed by atoms with Gasteiger partial charge in [0.1, 0.15) is 0 Å². The zero-order valence-corrected chi connectivity index (χ0v) is 11.7. The number of rotatable bonds is 5. The van der Waals surface area contributed by atoms with Gasteiger partial charge in [-0.3, -0.25) is 4.79 Å². The van der Waals surface area contributed by atoms with Crippen LogP contribution >= 0.6 is 11.3 Å². The molecule has 2 rings (SSSR count). The number of nitrogens with one attached hydrogen (secondary N) is 1. The maximum Gasteiger partial charge on any atom is 0.313 e. The van der Waals surface area contributed by atoms with Gasteiger partial charge in [0.25, 0.3) is 0 Å². The zero-order chi connectivity index (χ0) is 12.8. The molecule has 1 saturated heterocycles. The SMILES string of the molecule is CCC1(C(=O)OCCc2cccs2)CCCNC1. The van der Waals surface area contributed by atoms with Gasteiger partial charge < -0.3 is 10.1 Å². The molecule has 1 aliphatic heterocycles. The van der Waals surface area contributed by atoms with Crippen LogP contribution in [-0.4, -0.2) is 25.7 Å². The normalized spacial score (nSPS) is 23.8. The fourth-order valence-electron chi connectivity index (χ4n) is 2.44. The third-order valence-electron chi connectivity index (χ3n) is 3.74. The smallest absolute Gasteiger partial charge is 0.313 e. The average Bonchev–Trinajstić information content (AvgIpc) is 2.92. The second-order valence-electron chi connectivity index (χ2n) is 4.88. The Morgan fingerprint density at radius 1 is 1.61 bits per heavy atom. The van der Waals surface area contributed by atoms with Crippen molar-refractivity contribution < 1.29 is 9.53 Å². The Kier molecular flexibility index (Phi) is 4.78. The van der Waals surface area contributed by atoms with Gasteiger partial charge in [-0.2, -0.15) is 0 Å². The van der Waals surface area contributed by atoms with Gasteiger partial charge in [0.2, 0.25) is 0 Å². The molecule has 0 bridgehead atoms. The van der Waals surface area contributed by atoms with E-state index >= 15 is 0 Å². The number of ether oxygens (including phenoxy) is 1. The summed E-state index contributed by atoms with van der Waals surface area (Å²) in [6, 6.07) is 4.11. The van der Waals surface area contributed by atoms with Gasteiger partial charge in [-0.05, 0) is 37.3 Å². The first-order chi connectivity index (χ1) is 8.77. The van der Waals surface area contributed by atoms with Crippen molar-refractivity contribution in [3.8, 4) is 0 Å². The highest BCUT2D eigenvalue weighted by molar-refractivity contribution is 7.09. The number of hydrogen-bond acceptors (Lipinski definition) is 4. The van der Waals surface area contributed by atoms with Gasteiger partial charge in [-0.1, -0.05) is 13.0 Å². The average molecular weight is 267 g/mol. The second-order valence-corrected chi connectivity index (χ2v) is 5.91. The maximum absolute atomic E-state index is 12.2. The lowest BCUT2D eigenvalue weighted by Crippen LogP contribution is -2.46. The summed E-state index contributed by atoms with van der Waals surface area (Å²) in [7, 11) is 0. The van der Waals surface area contributed by atoms with E-state index in [0.717, 1.165) is 38.8 Å². The quantitative estimate of drug-likeness (QED) is 0.833. The summed E-state index contributed by atoms with van der Waals surface area (Å²) in [5, 5.41) is 5.36. The summed E-state index contributed by atoms with van der Waals surface area (Å²) in [5.41, 5.74) is -0.284. The van der Waals surface area contributed by atoms with Crippen LogP contribution in [0.1, 0.15) is 31.1 Å². The molecule has 1 fully saturated rings. The zero-order valence-electron chi connectivity index (χ0n) is 10.9. The molecule has 1 aliphatic rings. The van der Waals surface area contributed by atoms with Crippen LogP contribution in [0.4, 0.5) is 0 Å². The Morgan fingerprint density at radius 2 is 2.50 bits per heavy atom. The first-order valence-corrected chi connectivity index (χ1v) is 7.55. The third kappa shape index (κ3) is 3.12. The van der Waals surface area contributed by atoms with Gasteiger partial charge in [0.05, 0.1) is 12.0 Å². The van der Waals surface area contributed by atoms with E-state index in [0.29, 0.717) is 6.61 Å². The molecule has 2 heterocycles. The molecule has 100 valence electrons. The van der Waals surface area contributed by atoms with Crippen molar-refractivity contribution in [1.82, 2.24) is 5.32 Å². The highest BCUT2D eigenvalue weighted by atomic mass is 32.1. The van der Waals surface area contributed by atoms with E-state index in [1.807, 2.05) is 6.07 Å². The molecule has 1 unspecified atom stereocenters. The minimum Gasteiger partial charge on any atom is -0.465 e. The van der Waals surface area contributed by atoms with E-state index in [1.54, 1.807) is 11.3 Å². The monoisotopic (exact) mass is 267 g/mol. The number of carbonyl (C=O) groups excluding carboxylic acids is 1. The molecule has 3 nitrogen and oxygen atoms in total. The van der Waals surface area contributed by atoms with Crippen LogP contribution in [0.25, 0.3) is 0 Å². The summed E-state index contributed by atoms with van der Waals surface area (Å²) < 4.78 is 5.48. The number of hydrogen-bond donors (Lipinski definition) is 1. The molecule has 1 aromatic heterocycles. The predicted octanol–water partition coefficient (Wildman–Crippen LogP) is 2.61. The van der Waals surface area contributed by atoms with Crippen molar-refractivity contribution in [1.29, 1.82) is 0 Å². The molecule has 0 spiro atoms. The molecule has 0 saturated carbocycles. The molecule has 1 aromatic rings. The van der Waals surface area contributed by atoms with Crippen molar-refractivity contribution in [3.05, 3.63) is 22.4 Å². The number of piperidine rings is 1. The van der Waals surface area contributed by atoms with E-state index in [4.69, 9.17) is 4.74 Å². The largest absolute Gasteiger partial charge is 0.465 e. The fraction of sp³-hybridized carbons (Fsp3) is 0.643. The third-order valence-corrected chi connectivity index (χ3v) is 4.68. The van der Waals surface area contributed by atoms with Gasteiger partial charge in [-0.25, -0.2) is 0 Å². The van der Waals surface area contributed by atoms with Crippen LogP contribution < -0.4 is 5.32 Å². The van der Waals surface area contributed by atoms with Crippen LogP contribution in [0, 0.1) is 5.41 Å². The van der Waals surface area contributed by atoms with E-state index in [9.17, 15) is 4.79 Å². The summed E-state index contributed by atoms with van der Waals surface area (Å²) in [6.45, 7) is 4.36. The minimum atomic E-state index is -0.284. The van der Waals surface area contributed by atoms with Crippen LogP contribution in [0.3, 0.4) is 0 Å². The van der Waals surface area contributed by atoms with E-state index in [1.165, 1.54) is 4.88 Å². The Balaban J connectivity index is 1.82. The lowest BCUT2D eigenvalue weighted by Gasteiger charge is -2.34. The van der Waals surface area contributed by atoms with E-state index < -0.39 is 0 Å². The van der Waals surface area contributed by atoms with Gasteiger partial charge in [0, 0.05) is 17.8 Å². The molecule has 1 N–H and O–H groups in total. The Hall–Kier alpha value is -0.870. The van der Waals surface area contributed by atoms with Crippen LogP contribution in [-0.2, 0) is 16.0 Å². The summed E-state index contributed by atoms with van der Waals surface area (Å²) in [4.78, 5) is 13.5. The van der Waals surface area contributed by atoms with Crippen molar-refractivity contribution >= 4 is 17.3 Å². The van der Waals surface area contributed by atoms with Crippen molar-refractivity contribution in [2.45, 2.75) is 32.6 Å². The molecule has 0 amide bonds. The van der Waals surface area contributed by atoms with Crippen molar-refractivity contribution in [2.75, 3.05) is 19.7 Å². The summed E-state index contributed by atoms with van der Waals surface area (Å²) >= 11 is 1.71. The maximum atomic E-state index is 12.2. The first-order valence-electron chi connectivity index (χ1n) is 6.67. The lowest BCUT2D eigenvalue weighted by molar-refractivity contribution is -0.157. The molecular formula is C14H21NO2S. The highest BCUT2D eigenvalue weighted by Crippen LogP contribution is 2.31. The molecule has 4 heteroatoms. The van der Waals surface area contributed by atoms with E-state index in [2.05, 4.69) is 23.7 Å². The topological polar surface area (TPSA) is 38.3 Å². The molecular weight excluding hydrogens is 246 g/mol. The van der Waals surface area contributed by atoms with Gasteiger partial charge >= 0.3 is 5.97 Å².